The first-order valence-electron chi connectivity index (χ1n) is 5.47. The molecule has 4 nitrogen and oxygen atoms in total. The molecule has 0 saturated heterocycles. The molecule has 1 rings (SSSR count). The molecule has 0 aliphatic heterocycles. The molecule has 0 fully saturated rings. The first-order valence-corrected chi connectivity index (χ1v) is 5.47. The van der Waals surface area contributed by atoms with Crippen molar-refractivity contribution < 1.29 is 4.79 Å². The third-order valence-corrected chi connectivity index (χ3v) is 2.46. The molecule has 1 aromatic rings. The zero-order valence-electron chi connectivity index (χ0n) is 10.0. The van der Waals surface area contributed by atoms with Crippen LogP contribution in [0.25, 0.3) is 0 Å². The van der Waals surface area contributed by atoms with Gasteiger partial charge >= 0.3 is 0 Å². The quantitative estimate of drug-likeness (QED) is 0.813. The molecule has 1 heterocycles. The Hall–Kier alpha value is -1.42. The van der Waals surface area contributed by atoms with Crippen LogP contribution in [0, 0.1) is 12.8 Å². The topological polar surface area (TPSA) is 68.0 Å². The van der Waals surface area contributed by atoms with Gasteiger partial charge in [-0.15, -0.1) is 0 Å². The van der Waals surface area contributed by atoms with Crippen molar-refractivity contribution in [2.45, 2.75) is 33.2 Å². The van der Waals surface area contributed by atoms with Crippen LogP contribution in [0.15, 0.2) is 18.3 Å². The second kappa shape index (κ2) is 5.61. The summed E-state index contributed by atoms with van der Waals surface area (Å²) in [5.41, 5.74) is 6.89. The van der Waals surface area contributed by atoms with Crippen LogP contribution >= 0.6 is 0 Å². The van der Waals surface area contributed by atoms with Crippen LogP contribution in [-0.4, -0.2) is 16.9 Å². The fourth-order valence-electron chi connectivity index (χ4n) is 1.25. The predicted molar refractivity (Wildman–Crippen MR) is 65.0 cm³/mol. The Morgan fingerprint density at radius 1 is 1.56 bits per heavy atom. The molecule has 0 aliphatic carbocycles. The van der Waals surface area contributed by atoms with Crippen LogP contribution < -0.4 is 11.1 Å². The largest absolute Gasteiger partial charge is 0.327 e. The lowest BCUT2D eigenvalue weighted by Gasteiger charge is -2.14. The van der Waals surface area contributed by atoms with Gasteiger partial charge in [0.2, 0.25) is 5.91 Å². The number of carbonyl (C=O) groups excluding carboxylic acids is 1. The number of nitrogens with zero attached hydrogens (tertiary/aromatic N) is 1. The molecule has 0 spiro atoms. The Morgan fingerprint density at radius 3 is 2.81 bits per heavy atom. The summed E-state index contributed by atoms with van der Waals surface area (Å²) in [6.07, 6.45) is 2.00. The van der Waals surface area contributed by atoms with Crippen LogP contribution in [0.3, 0.4) is 0 Å². The summed E-state index contributed by atoms with van der Waals surface area (Å²) in [6, 6.07) is 3.61. The van der Waals surface area contributed by atoms with E-state index in [4.69, 9.17) is 5.73 Å². The fourth-order valence-corrected chi connectivity index (χ4v) is 1.25. The number of anilines is 1. The van der Waals surface area contributed by atoms with Crippen LogP contribution in [0.1, 0.15) is 25.8 Å². The minimum Gasteiger partial charge on any atom is -0.327 e. The van der Waals surface area contributed by atoms with Gasteiger partial charge in [0.15, 0.2) is 0 Å². The van der Waals surface area contributed by atoms with Crippen LogP contribution in [0.4, 0.5) is 5.82 Å². The molecule has 4 heteroatoms. The van der Waals surface area contributed by atoms with E-state index in [0.29, 0.717) is 18.2 Å². The maximum absolute atomic E-state index is 11.6. The molecular formula is C12H19N3O. The Labute approximate surface area is 96.3 Å². The first kappa shape index (κ1) is 12.6. The molecule has 0 bridgehead atoms. The Balaban J connectivity index is 2.52. The number of aryl methyl sites for hydroxylation is 1. The van der Waals surface area contributed by atoms with Crippen molar-refractivity contribution >= 4 is 11.7 Å². The molecule has 1 aromatic heterocycles. The highest BCUT2D eigenvalue weighted by Gasteiger charge is 2.13. The summed E-state index contributed by atoms with van der Waals surface area (Å²) >= 11 is 0. The molecule has 0 radical (unpaired) electrons. The number of hydrogen-bond donors (Lipinski definition) is 2. The van der Waals surface area contributed by atoms with Gasteiger partial charge in [-0.3, -0.25) is 4.79 Å². The number of hydrogen-bond acceptors (Lipinski definition) is 3. The SMILES string of the molecule is Cc1ccnc(NC(=O)CC(N)C(C)C)c1. The second-order valence-corrected chi connectivity index (χ2v) is 4.38. The molecule has 0 aromatic carbocycles. The van der Waals surface area contributed by atoms with E-state index in [1.165, 1.54) is 0 Å². The molecule has 88 valence electrons. The summed E-state index contributed by atoms with van der Waals surface area (Å²) in [5.74, 6) is 0.802. The highest BCUT2D eigenvalue weighted by molar-refractivity contribution is 5.90. The molecule has 16 heavy (non-hydrogen) atoms. The zero-order valence-corrected chi connectivity index (χ0v) is 10.0. The van der Waals surface area contributed by atoms with E-state index in [1.54, 1.807) is 6.20 Å². The van der Waals surface area contributed by atoms with Gasteiger partial charge in [0.25, 0.3) is 0 Å². The number of nitrogens with two attached hydrogens (primary N) is 1. The van der Waals surface area contributed by atoms with Crippen LogP contribution in [0.2, 0.25) is 0 Å². The average Bonchev–Trinajstić information content (AvgIpc) is 2.16. The van der Waals surface area contributed by atoms with Gasteiger partial charge in [0, 0.05) is 18.7 Å². The van der Waals surface area contributed by atoms with E-state index in [1.807, 2.05) is 32.9 Å². The van der Waals surface area contributed by atoms with E-state index in [0.717, 1.165) is 5.56 Å². The summed E-state index contributed by atoms with van der Waals surface area (Å²) in [7, 11) is 0. The summed E-state index contributed by atoms with van der Waals surface area (Å²) < 4.78 is 0. The second-order valence-electron chi connectivity index (χ2n) is 4.38. The minimum absolute atomic E-state index is 0.0840. The summed E-state index contributed by atoms with van der Waals surface area (Å²) in [6.45, 7) is 5.96. The number of pyridine rings is 1. The molecular weight excluding hydrogens is 202 g/mol. The highest BCUT2D eigenvalue weighted by Crippen LogP contribution is 2.08. The summed E-state index contributed by atoms with van der Waals surface area (Å²) in [4.78, 5) is 15.7. The van der Waals surface area contributed by atoms with E-state index < -0.39 is 0 Å². The van der Waals surface area contributed by atoms with Gasteiger partial charge in [0.05, 0.1) is 0 Å². The normalized spacial score (nSPS) is 12.6. The van der Waals surface area contributed by atoms with E-state index >= 15 is 0 Å². The smallest absolute Gasteiger partial charge is 0.227 e. The van der Waals surface area contributed by atoms with Crippen LogP contribution in [-0.2, 0) is 4.79 Å². The van der Waals surface area contributed by atoms with Crippen molar-refractivity contribution in [3.8, 4) is 0 Å². The van der Waals surface area contributed by atoms with Gasteiger partial charge < -0.3 is 11.1 Å². The van der Waals surface area contributed by atoms with Gasteiger partial charge in [0.1, 0.15) is 5.82 Å². The molecule has 0 saturated carbocycles. The van der Waals surface area contributed by atoms with Gasteiger partial charge in [-0.2, -0.15) is 0 Å². The average molecular weight is 221 g/mol. The predicted octanol–water partition coefficient (Wildman–Crippen LogP) is 1.70. The van der Waals surface area contributed by atoms with Crippen molar-refractivity contribution in [2.24, 2.45) is 11.7 Å². The lowest BCUT2D eigenvalue weighted by Crippen LogP contribution is -2.31. The first-order chi connectivity index (χ1) is 7.49. The Morgan fingerprint density at radius 2 is 2.25 bits per heavy atom. The van der Waals surface area contributed by atoms with Crippen molar-refractivity contribution in [2.75, 3.05) is 5.32 Å². The van der Waals surface area contributed by atoms with Crippen molar-refractivity contribution in [3.63, 3.8) is 0 Å². The number of amides is 1. The third-order valence-electron chi connectivity index (χ3n) is 2.46. The standard InChI is InChI=1S/C12H19N3O/c1-8(2)10(13)7-12(16)15-11-6-9(3)4-5-14-11/h4-6,8,10H,7,13H2,1-3H3,(H,14,15,16). The van der Waals surface area contributed by atoms with Crippen LogP contribution in [0.5, 0.6) is 0 Å². The minimum atomic E-state index is -0.107. The summed E-state index contributed by atoms with van der Waals surface area (Å²) in [5, 5.41) is 2.74. The fraction of sp³-hybridized carbons (Fsp3) is 0.500. The van der Waals surface area contributed by atoms with Gasteiger partial charge in [-0.1, -0.05) is 13.8 Å². The van der Waals surface area contributed by atoms with Gasteiger partial charge in [-0.25, -0.2) is 4.98 Å². The zero-order chi connectivity index (χ0) is 12.1. The Kier molecular flexibility index (Phi) is 4.43. The van der Waals surface area contributed by atoms with Crippen molar-refractivity contribution in [1.82, 2.24) is 4.98 Å². The van der Waals surface area contributed by atoms with Crippen molar-refractivity contribution in [3.05, 3.63) is 23.9 Å². The number of rotatable bonds is 4. The van der Waals surface area contributed by atoms with E-state index in [2.05, 4.69) is 10.3 Å². The molecule has 1 unspecified atom stereocenters. The maximum Gasteiger partial charge on any atom is 0.227 e. The van der Waals surface area contributed by atoms with Gasteiger partial charge in [-0.05, 0) is 30.5 Å². The number of aromatic nitrogens is 1. The Bertz CT molecular complexity index is 363. The molecule has 1 amide bonds. The van der Waals surface area contributed by atoms with E-state index in [-0.39, 0.29) is 11.9 Å². The maximum atomic E-state index is 11.6. The highest BCUT2D eigenvalue weighted by atomic mass is 16.1. The lowest BCUT2D eigenvalue weighted by atomic mass is 10.0. The third kappa shape index (κ3) is 3.98. The molecule has 1 atom stereocenters. The number of carbonyl (C=O) groups is 1. The number of nitrogens with one attached hydrogen (secondary N) is 1. The van der Waals surface area contributed by atoms with E-state index in [9.17, 15) is 4.79 Å². The molecule has 0 aliphatic rings. The molecule has 3 N–H and O–H groups in total. The van der Waals surface area contributed by atoms with Crippen molar-refractivity contribution in [1.29, 1.82) is 0 Å². The lowest BCUT2D eigenvalue weighted by molar-refractivity contribution is -0.116. The monoisotopic (exact) mass is 221 g/mol.